The standard InChI is InChI=1S/C9H16NO3/c1-8(11)13-7-10-5-3-9(12-2)4-6-10/h9H,2-7H2,1H3. The van der Waals surface area contributed by atoms with Gasteiger partial charge in [-0.25, -0.2) is 0 Å². The zero-order valence-corrected chi connectivity index (χ0v) is 7.99. The second-order valence-corrected chi connectivity index (χ2v) is 3.25. The van der Waals surface area contributed by atoms with Crippen molar-refractivity contribution in [3.8, 4) is 0 Å². The normalized spacial score (nSPS) is 20.2. The highest BCUT2D eigenvalue weighted by Crippen LogP contribution is 2.12. The molecule has 0 saturated carbocycles. The number of hydrogen-bond donors (Lipinski definition) is 0. The van der Waals surface area contributed by atoms with E-state index in [0.717, 1.165) is 25.9 Å². The first kappa shape index (κ1) is 10.5. The third-order valence-electron chi connectivity index (χ3n) is 2.22. The minimum absolute atomic E-state index is 0.226. The van der Waals surface area contributed by atoms with E-state index in [0.29, 0.717) is 6.73 Å². The largest absolute Gasteiger partial charge is 0.450 e. The maximum Gasteiger partial charge on any atom is 0.303 e. The minimum atomic E-state index is -0.226. The lowest BCUT2D eigenvalue weighted by molar-refractivity contribution is -0.146. The van der Waals surface area contributed by atoms with E-state index in [9.17, 15) is 4.79 Å². The molecule has 1 saturated heterocycles. The Morgan fingerprint density at radius 2 is 2.15 bits per heavy atom. The Morgan fingerprint density at radius 3 is 2.62 bits per heavy atom. The van der Waals surface area contributed by atoms with Crippen LogP contribution >= 0.6 is 0 Å². The number of rotatable bonds is 3. The van der Waals surface area contributed by atoms with Gasteiger partial charge in [-0.15, -0.1) is 0 Å². The number of hydrogen-bond acceptors (Lipinski definition) is 4. The van der Waals surface area contributed by atoms with Crippen molar-refractivity contribution in [2.75, 3.05) is 19.8 Å². The predicted octanol–water partition coefficient (Wildman–Crippen LogP) is 0.780. The first-order valence-electron chi connectivity index (χ1n) is 4.49. The van der Waals surface area contributed by atoms with E-state index < -0.39 is 0 Å². The molecule has 1 fully saturated rings. The Morgan fingerprint density at radius 1 is 1.54 bits per heavy atom. The van der Waals surface area contributed by atoms with Gasteiger partial charge in [0.1, 0.15) is 6.73 Å². The molecular formula is C9H16NO3. The van der Waals surface area contributed by atoms with Crippen LogP contribution in [0.15, 0.2) is 0 Å². The lowest BCUT2D eigenvalue weighted by Crippen LogP contribution is -2.38. The monoisotopic (exact) mass is 186 g/mol. The number of carbonyl (C=O) groups excluding carboxylic acids is 1. The summed E-state index contributed by atoms with van der Waals surface area (Å²) in [7, 11) is 3.40. The predicted molar refractivity (Wildman–Crippen MR) is 47.7 cm³/mol. The number of likely N-dealkylation sites (tertiary alicyclic amines) is 1. The summed E-state index contributed by atoms with van der Waals surface area (Å²) < 4.78 is 9.86. The molecule has 0 aromatic heterocycles. The van der Waals surface area contributed by atoms with E-state index in [1.165, 1.54) is 6.92 Å². The number of carbonyl (C=O) groups is 1. The first-order valence-corrected chi connectivity index (χ1v) is 4.49. The third kappa shape index (κ3) is 3.74. The van der Waals surface area contributed by atoms with Gasteiger partial charge in [0.2, 0.25) is 0 Å². The van der Waals surface area contributed by atoms with Crippen LogP contribution in [0, 0.1) is 7.11 Å². The van der Waals surface area contributed by atoms with E-state index in [1.54, 1.807) is 0 Å². The molecule has 0 aromatic carbocycles. The van der Waals surface area contributed by atoms with Crippen LogP contribution in [-0.2, 0) is 14.3 Å². The topological polar surface area (TPSA) is 38.8 Å². The fraction of sp³-hybridized carbons (Fsp3) is 0.778. The molecule has 4 nitrogen and oxygen atoms in total. The van der Waals surface area contributed by atoms with Crippen molar-refractivity contribution >= 4 is 5.97 Å². The second kappa shape index (κ2) is 5.19. The molecule has 0 aromatic rings. The highest BCUT2D eigenvalue weighted by molar-refractivity contribution is 5.65. The van der Waals surface area contributed by atoms with E-state index in [2.05, 4.69) is 12.0 Å². The minimum Gasteiger partial charge on any atom is -0.450 e. The lowest BCUT2D eigenvalue weighted by atomic mass is 10.1. The van der Waals surface area contributed by atoms with Gasteiger partial charge in [-0.3, -0.25) is 9.69 Å². The molecule has 1 radical (unpaired) electrons. The molecule has 1 aliphatic heterocycles. The van der Waals surface area contributed by atoms with Gasteiger partial charge in [0.25, 0.3) is 0 Å². The van der Waals surface area contributed by atoms with Crippen molar-refractivity contribution in [3.05, 3.63) is 7.11 Å². The summed E-state index contributed by atoms with van der Waals surface area (Å²) in [5.41, 5.74) is 0. The zero-order chi connectivity index (χ0) is 9.68. The quantitative estimate of drug-likeness (QED) is 0.610. The van der Waals surface area contributed by atoms with Crippen LogP contribution in [0.1, 0.15) is 19.8 Å². The number of piperidine rings is 1. The molecule has 0 spiro atoms. The second-order valence-electron chi connectivity index (χ2n) is 3.25. The van der Waals surface area contributed by atoms with E-state index in [1.807, 2.05) is 0 Å². The summed E-state index contributed by atoms with van der Waals surface area (Å²) >= 11 is 0. The van der Waals surface area contributed by atoms with Gasteiger partial charge < -0.3 is 9.47 Å². The molecule has 4 heteroatoms. The molecular weight excluding hydrogens is 170 g/mol. The highest BCUT2D eigenvalue weighted by atomic mass is 16.5. The van der Waals surface area contributed by atoms with Crippen molar-refractivity contribution < 1.29 is 14.3 Å². The summed E-state index contributed by atoms with van der Waals surface area (Å²) in [4.78, 5) is 12.6. The Hall–Kier alpha value is -0.610. The molecule has 0 bridgehead atoms. The molecule has 0 atom stereocenters. The van der Waals surface area contributed by atoms with Crippen molar-refractivity contribution in [1.29, 1.82) is 0 Å². The van der Waals surface area contributed by atoms with Crippen LogP contribution in [0.5, 0.6) is 0 Å². The van der Waals surface area contributed by atoms with Crippen LogP contribution in [0.4, 0.5) is 0 Å². The molecule has 1 rings (SSSR count). The van der Waals surface area contributed by atoms with Crippen LogP contribution in [-0.4, -0.2) is 36.8 Å². The van der Waals surface area contributed by atoms with Crippen LogP contribution in [0.25, 0.3) is 0 Å². The van der Waals surface area contributed by atoms with Crippen molar-refractivity contribution in [2.24, 2.45) is 0 Å². The number of ether oxygens (including phenoxy) is 2. The summed E-state index contributed by atoms with van der Waals surface area (Å²) in [6, 6.07) is 0. The molecule has 0 unspecified atom stereocenters. The Kier molecular flexibility index (Phi) is 4.18. The average Bonchev–Trinajstić information content (AvgIpc) is 2.15. The van der Waals surface area contributed by atoms with Gasteiger partial charge in [-0.2, -0.15) is 0 Å². The fourth-order valence-electron chi connectivity index (χ4n) is 1.39. The van der Waals surface area contributed by atoms with E-state index in [-0.39, 0.29) is 12.1 Å². The lowest BCUT2D eigenvalue weighted by Gasteiger charge is -2.30. The smallest absolute Gasteiger partial charge is 0.303 e. The average molecular weight is 186 g/mol. The summed E-state index contributed by atoms with van der Waals surface area (Å²) in [5, 5.41) is 0. The van der Waals surface area contributed by atoms with Crippen molar-refractivity contribution in [1.82, 2.24) is 4.90 Å². The number of esters is 1. The Bertz CT molecular complexity index is 164. The maximum atomic E-state index is 10.5. The fourth-order valence-corrected chi connectivity index (χ4v) is 1.39. The first-order chi connectivity index (χ1) is 6.22. The van der Waals surface area contributed by atoms with Gasteiger partial charge in [-0.05, 0) is 12.8 Å². The van der Waals surface area contributed by atoms with Gasteiger partial charge in [0.15, 0.2) is 0 Å². The van der Waals surface area contributed by atoms with Crippen LogP contribution in [0.3, 0.4) is 0 Å². The van der Waals surface area contributed by atoms with Gasteiger partial charge >= 0.3 is 5.97 Å². The molecule has 1 heterocycles. The summed E-state index contributed by atoms with van der Waals surface area (Å²) in [6.07, 6.45) is 2.20. The Labute approximate surface area is 78.8 Å². The zero-order valence-electron chi connectivity index (χ0n) is 7.99. The molecule has 13 heavy (non-hydrogen) atoms. The van der Waals surface area contributed by atoms with Gasteiger partial charge in [-0.1, -0.05) is 0 Å². The third-order valence-corrected chi connectivity index (χ3v) is 2.22. The van der Waals surface area contributed by atoms with Crippen molar-refractivity contribution in [2.45, 2.75) is 25.9 Å². The van der Waals surface area contributed by atoms with E-state index >= 15 is 0 Å². The van der Waals surface area contributed by atoms with Crippen molar-refractivity contribution in [3.63, 3.8) is 0 Å². The molecule has 0 N–H and O–H groups in total. The molecule has 0 aliphatic carbocycles. The van der Waals surface area contributed by atoms with Gasteiger partial charge in [0, 0.05) is 20.0 Å². The molecule has 1 aliphatic rings. The van der Waals surface area contributed by atoms with Crippen LogP contribution < -0.4 is 0 Å². The molecule has 0 amide bonds. The summed E-state index contributed by atoms with van der Waals surface area (Å²) in [6.45, 7) is 3.64. The highest BCUT2D eigenvalue weighted by Gasteiger charge is 2.18. The number of nitrogens with zero attached hydrogens (tertiary/aromatic N) is 1. The van der Waals surface area contributed by atoms with E-state index in [4.69, 9.17) is 9.47 Å². The summed E-state index contributed by atoms with van der Waals surface area (Å²) in [5.74, 6) is -0.226. The SMILES string of the molecule is [CH2]OC1CCN(COC(C)=O)CC1. The van der Waals surface area contributed by atoms with Crippen LogP contribution in [0.2, 0.25) is 0 Å². The molecule has 75 valence electrons. The van der Waals surface area contributed by atoms with Gasteiger partial charge in [0.05, 0.1) is 13.2 Å². The Balaban J connectivity index is 2.14. The maximum absolute atomic E-state index is 10.5.